The Hall–Kier alpha value is -3.42. The first-order chi connectivity index (χ1) is 12.9. The Balaban J connectivity index is 2.33. The lowest BCUT2D eigenvalue weighted by molar-refractivity contribution is -0.384. The molecule has 142 valence electrons. The maximum atomic E-state index is 12.6. The predicted molar refractivity (Wildman–Crippen MR) is 98.0 cm³/mol. The Morgan fingerprint density at radius 2 is 1.89 bits per heavy atom. The van der Waals surface area contributed by atoms with Crippen molar-refractivity contribution in [1.82, 2.24) is 5.32 Å². The van der Waals surface area contributed by atoms with Gasteiger partial charge in [-0.25, -0.2) is 0 Å². The number of nitro benzene ring substituents is 1. The number of rotatable bonds is 8. The van der Waals surface area contributed by atoms with Crippen LogP contribution in [0, 0.1) is 10.1 Å². The molecule has 0 saturated carbocycles. The lowest BCUT2D eigenvalue weighted by atomic mass is 9.78. The van der Waals surface area contributed by atoms with Gasteiger partial charge in [-0.15, -0.1) is 0 Å². The van der Waals surface area contributed by atoms with Gasteiger partial charge in [-0.1, -0.05) is 37.3 Å². The molecule has 0 saturated heterocycles. The molecule has 2 N–H and O–H groups in total. The normalized spacial score (nSPS) is 12.7. The molecule has 1 amide bonds. The number of nitro groups is 1. The molecular formula is C19H20N2O6. The third kappa shape index (κ3) is 4.05. The molecule has 0 bridgehead atoms. The second-order valence-electron chi connectivity index (χ2n) is 5.93. The minimum absolute atomic E-state index is 0.0323. The minimum Gasteiger partial charge on any atom is -0.496 e. The summed E-state index contributed by atoms with van der Waals surface area (Å²) < 4.78 is 5.09. The summed E-state index contributed by atoms with van der Waals surface area (Å²) in [5.41, 5.74) is -1.05. The quantitative estimate of drug-likeness (QED) is 0.543. The summed E-state index contributed by atoms with van der Waals surface area (Å²) in [4.78, 5) is 35.0. The van der Waals surface area contributed by atoms with E-state index in [0.717, 1.165) is 6.07 Å². The van der Waals surface area contributed by atoms with Gasteiger partial charge in [-0.05, 0) is 18.1 Å². The Labute approximate surface area is 155 Å². The lowest BCUT2D eigenvalue weighted by Crippen LogP contribution is -2.46. The van der Waals surface area contributed by atoms with E-state index in [1.54, 1.807) is 37.3 Å². The van der Waals surface area contributed by atoms with Crippen molar-refractivity contribution >= 4 is 17.6 Å². The second-order valence-corrected chi connectivity index (χ2v) is 5.93. The fraction of sp³-hybridized carbons (Fsp3) is 0.263. The second kappa shape index (κ2) is 8.31. The van der Waals surface area contributed by atoms with E-state index in [1.807, 2.05) is 0 Å². The maximum Gasteiger partial charge on any atom is 0.315 e. The van der Waals surface area contributed by atoms with Gasteiger partial charge in [-0.2, -0.15) is 0 Å². The van der Waals surface area contributed by atoms with Crippen molar-refractivity contribution in [2.24, 2.45) is 0 Å². The van der Waals surface area contributed by atoms with E-state index in [-0.39, 0.29) is 30.0 Å². The van der Waals surface area contributed by atoms with E-state index in [9.17, 15) is 24.8 Å². The highest BCUT2D eigenvalue weighted by Gasteiger charge is 2.39. The first-order valence-electron chi connectivity index (χ1n) is 8.25. The minimum atomic E-state index is -1.31. The third-order valence-electron chi connectivity index (χ3n) is 4.53. The van der Waals surface area contributed by atoms with Gasteiger partial charge in [0.05, 0.1) is 17.6 Å². The first kappa shape index (κ1) is 19.9. The van der Waals surface area contributed by atoms with Gasteiger partial charge in [-0.3, -0.25) is 19.7 Å². The van der Waals surface area contributed by atoms with Gasteiger partial charge in [0.1, 0.15) is 11.2 Å². The zero-order valence-electron chi connectivity index (χ0n) is 15.0. The monoisotopic (exact) mass is 372 g/mol. The third-order valence-corrected chi connectivity index (χ3v) is 4.53. The summed E-state index contributed by atoms with van der Waals surface area (Å²) in [5.74, 6) is -1.55. The van der Waals surface area contributed by atoms with Crippen molar-refractivity contribution < 1.29 is 24.4 Å². The Bertz CT molecular complexity index is 853. The summed E-state index contributed by atoms with van der Waals surface area (Å²) in [7, 11) is 1.34. The molecule has 1 atom stereocenters. The van der Waals surface area contributed by atoms with Crippen molar-refractivity contribution in [3.63, 3.8) is 0 Å². The molecule has 1 unspecified atom stereocenters. The van der Waals surface area contributed by atoms with Gasteiger partial charge >= 0.3 is 5.97 Å². The SMILES string of the molecule is CCC(CNC(=O)c1cc([N+](=O)[O-])ccc1OC)(C(=O)O)c1ccccc1. The van der Waals surface area contributed by atoms with Crippen molar-refractivity contribution in [2.75, 3.05) is 13.7 Å². The van der Waals surface area contributed by atoms with Crippen molar-refractivity contribution in [2.45, 2.75) is 18.8 Å². The molecular weight excluding hydrogens is 352 g/mol. The molecule has 0 aromatic heterocycles. The number of amides is 1. The number of carboxylic acids is 1. The Kier molecular flexibility index (Phi) is 6.12. The van der Waals surface area contributed by atoms with Gasteiger partial charge < -0.3 is 15.2 Å². The number of non-ortho nitro benzene ring substituents is 1. The number of carbonyl (C=O) groups excluding carboxylic acids is 1. The van der Waals surface area contributed by atoms with Crippen LogP contribution in [0.4, 0.5) is 5.69 Å². The van der Waals surface area contributed by atoms with Gasteiger partial charge in [0.25, 0.3) is 11.6 Å². The number of ether oxygens (including phenoxy) is 1. The molecule has 0 aliphatic rings. The van der Waals surface area contributed by atoms with Crippen molar-refractivity contribution in [1.29, 1.82) is 0 Å². The zero-order valence-corrected chi connectivity index (χ0v) is 15.0. The average Bonchev–Trinajstić information content (AvgIpc) is 2.68. The molecule has 2 rings (SSSR count). The first-order valence-corrected chi connectivity index (χ1v) is 8.25. The number of carbonyl (C=O) groups is 2. The molecule has 0 aliphatic heterocycles. The Morgan fingerprint density at radius 1 is 1.22 bits per heavy atom. The standard InChI is InChI=1S/C19H20N2O6/c1-3-19(18(23)24,13-7-5-4-6-8-13)12-20-17(22)15-11-14(21(25)26)9-10-16(15)27-2/h4-11H,3,12H2,1-2H3,(H,20,22)(H,23,24). The van der Waals surface area contributed by atoms with Crippen LogP contribution in [0.25, 0.3) is 0 Å². The van der Waals surface area contributed by atoms with E-state index in [1.165, 1.54) is 19.2 Å². The number of aliphatic carboxylic acids is 1. The van der Waals surface area contributed by atoms with E-state index in [0.29, 0.717) is 5.56 Å². The van der Waals surface area contributed by atoms with Crippen LogP contribution in [0.15, 0.2) is 48.5 Å². The fourth-order valence-electron chi connectivity index (χ4n) is 2.85. The number of hydrogen-bond acceptors (Lipinski definition) is 5. The highest BCUT2D eigenvalue weighted by Crippen LogP contribution is 2.29. The Morgan fingerprint density at radius 3 is 2.41 bits per heavy atom. The number of methoxy groups -OCH3 is 1. The number of nitrogens with one attached hydrogen (secondary N) is 1. The van der Waals surface area contributed by atoms with Crippen LogP contribution in [0.3, 0.4) is 0 Å². The van der Waals surface area contributed by atoms with Crippen LogP contribution in [0.2, 0.25) is 0 Å². The maximum absolute atomic E-state index is 12.6. The molecule has 0 heterocycles. The van der Waals surface area contributed by atoms with E-state index >= 15 is 0 Å². The number of benzene rings is 2. The molecule has 8 heteroatoms. The predicted octanol–water partition coefficient (Wildman–Crippen LogP) is 2.77. The highest BCUT2D eigenvalue weighted by atomic mass is 16.6. The van der Waals surface area contributed by atoms with Crippen LogP contribution in [-0.2, 0) is 10.2 Å². The molecule has 0 fully saturated rings. The van der Waals surface area contributed by atoms with Gasteiger partial charge in [0, 0.05) is 18.7 Å². The van der Waals surface area contributed by atoms with E-state index in [4.69, 9.17) is 4.74 Å². The average molecular weight is 372 g/mol. The van der Waals surface area contributed by atoms with Crippen LogP contribution in [-0.4, -0.2) is 35.6 Å². The smallest absolute Gasteiger partial charge is 0.315 e. The summed E-state index contributed by atoms with van der Waals surface area (Å²) in [6, 6.07) is 12.3. The molecule has 0 aliphatic carbocycles. The zero-order chi connectivity index (χ0) is 20.0. The van der Waals surface area contributed by atoms with Gasteiger partial charge in [0.2, 0.25) is 0 Å². The van der Waals surface area contributed by atoms with Crippen LogP contribution in [0.1, 0.15) is 29.3 Å². The summed E-state index contributed by atoms with van der Waals surface area (Å²) in [5, 5.41) is 23.4. The number of nitrogens with zero attached hydrogens (tertiary/aromatic N) is 1. The summed E-state index contributed by atoms with van der Waals surface area (Å²) in [6.45, 7) is 1.55. The molecule has 8 nitrogen and oxygen atoms in total. The largest absolute Gasteiger partial charge is 0.496 e. The molecule has 2 aromatic carbocycles. The van der Waals surface area contributed by atoms with Crippen LogP contribution >= 0.6 is 0 Å². The highest BCUT2D eigenvalue weighted by molar-refractivity contribution is 5.98. The van der Waals surface area contributed by atoms with E-state index < -0.39 is 22.2 Å². The number of carboxylic acid groups (broad SMARTS) is 1. The fourth-order valence-corrected chi connectivity index (χ4v) is 2.85. The number of hydrogen-bond donors (Lipinski definition) is 2. The van der Waals surface area contributed by atoms with Crippen molar-refractivity contribution in [3.05, 3.63) is 69.8 Å². The molecule has 0 radical (unpaired) electrons. The molecule has 0 spiro atoms. The van der Waals surface area contributed by atoms with E-state index in [2.05, 4.69) is 5.32 Å². The van der Waals surface area contributed by atoms with Crippen LogP contribution < -0.4 is 10.1 Å². The lowest BCUT2D eigenvalue weighted by Gasteiger charge is -2.29. The summed E-state index contributed by atoms with van der Waals surface area (Å²) in [6.07, 6.45) is 0.249. The van der Waals surface area contributed by atoms with Crippen LogP contribution in [0.5, 0.6) is 5.75 Å². The van der Waals surface area contributed by atoms with Gasteiger partial charge in [0.15, 0.2) is 0 Å². The molecule has 27 heavy (non-hydrogen) atoms. The summed E-state index contributed by atoms with van der Waals surface area (Å²) >= 11 is 0. The van der Waals surface area contributed by atoms with Crippen molar-refractivity contribution in [3.8, 4) is 5.75 Å². The molecule has 2 aromatic rings. The topological polar surface area (TPSA) is 119 Å².